The molecule has 4 aliphatic rings. The van der Waals surface area contributed by atoms with Crippen molar-refractivity contribution < 1.29 is 33.0 Å². The second-order valence-electron chi connectivity index (χ2n) is 11.1. The van der Waals surface area contributed by atoms with Crippen LogP contribution < -0.4 is 0 Å². The van der Waals surface area contributed by atoms with Crippen LogP contribution in [0.4, 0.5) is 8.78 Å². The van der Waals surface area contributed by atoms with Crippen LogP contribution in [0.1, 0.15) is 66.2 Å². The molecule has 4 aliphatic carbocycles. The van der Waals surface area contributed by atoms with Gasteiger partial charge in [0.2, 0.25) is 5.12 Å². The highest BCUT2D eigenvalue weighted by molar-refractivity contribution is 7.96. The lowest BCUT2D eigenvalue weighted by Crippen LogP contribution is -2.70. The van der Waals surface area contributed by atoms with E-state index in [1.807, 2.05) is 6.92 Å². The Morgan fingerprint density at radius 2 is 1.94 bits per heavy atom. The summed E-state index contributed by atoms with van der Waals surface area (Å²) in [6.07, 6.45) is 2.12. The van der Waals surface area contributed by atoms with Gasteiger partial charge >= 0.3 is 5.97 Å². The van der Waals surface area contributed by atoms with Gasteiger partial charge in [0, 0.05) is 29.1 Å². The molecular formula is C26H34F2O5S. The molecule has 0 radical (unpaired) electrons. The van der Waals surface area contributed by atoms with Crippen LogP contribution in [0.15, 0.2) is 23.8 Å². The summed E-state index contributed by atoms with van der Waals surface area (Å²) in [5, 5.41) is 10.8. The first-order valence-corrected chi connectivity index (χ1v) is 12.7. The Hall–Kier alpha value is -1.54. The maximum absolute atomic E-state index is 17.2. The molecule has 0 aliphatic heterocycles. The van der Waals surface area contributed by atoms with Crippen molar-refractivity contribution in [3.8, 4) is 0 Å². The maximum atomic E-state index is 17.2. The zero-order chi connectivity index (χ0) is 25.3. The molecule has 0 saturated heterocycles. The number of fused-ring (bicyclic) bond motifs is 5. The molecule has 0 aromatic rings. The van der Waals surface area contributed by atoms with E-state index in [0.717, 1.165) is 12.5 Å². The van der Waals surface area contributed by atoms with Crippen molar-refractivity contribution in [1.29, 1.82) is 0 Å². The largest absolute Gasteiger partial charge is 0.449 e. The van der Waals surface area contributed by atoms with E-state index in [9.17, 15) is 19.5 Å². The van der Waals surface area contributed by atoms with E-state index in [0.29, 0.717) is 12.8 Å². The number of alkyl halides is 2. The molecule has 3 saturated carbocycles. The normalized spacial score (nSPS) is 47.4. The number of carbonyl (C=O) groups is 3. The Kier molecular flexibility index (Phi) is 6.20. The smallest absolute Gasteiger partial charge is 0.306 e. The van der Waals surface area contributed by atoms with Crippen LogP contribution in [0.2, 0.25) is 0 Å². The molecule has 5 nitrogen and oxygen atoms in total. The summed E-state index contributed by atoms with van der Waals surface area (Å²) < 4.78 is 38.7. The van der Waals surface area contributed by atoms with Gasteiger partial charge in [0.1, 0.15) is 6.17 Å². The first kappa shape index (κ1) is 25.5. The van der Waals surface area contributed by atoms with Gasteiger partial charge < -0.3 is 9.84 Å². The Balaban J connectivity index is 1.81. The lowest BCUT2D eigenvalue weighted by atomic mass is 9.44. The highest BCUT2D eigenvalue weighted by atomic mass is 32.1. The number of esters is 1. The number of ketones is 1. The molecule has 188 valence electrons. The van der Waals surface area contributed by atoms with Crippen molar-refractivity contribution >= 4 is 29.5 Å². The predicted octanol–water partition coefficient (Wildman–Crippen LogP) is 4.48. The van der Waals surface area contributed by atoms with Gasteiger partial charge in [0.15, 0.2) is 17.1 Å². The van der Waals surface area contributed by atoms with Crippen molar-refractivity contribution in [2.24, 2.45) is 28.6 Å². The Morgan fingerprint density at radius 1 is 1.26 bits per heavy atom. The third-order valence-electron chi connectivity index (χ3n) is 9.50. The van der Waals surface area contributed by atoms with E-state index in [1.54, 1.807) is 13.8 Å². The first-order chi connectivity index (χ1) is 15.8. The van der Waals surface area contributed by atoms with E-state index >= 15 is 8.78 Å². The summed E-state index contributed by atoms with van der Waals surface area (Å²) >= 11 is 4.14. The van der Waals surface area contributed by atoms with Crippen LogP contribution in [0, 0.1) is 28.6 Å². The van der Waals surface area contributed by atoms with Gasteiger partial charge in [-0.3, -0.25) is 14.4 Å². The Morgan fingerprint density at radius 3 is 2.56 bits per heavy atom. The highest BCUT2D eigenvalue weighted by Crippen LogP contribution is 2.71. The molecule has 0 amide bonds. The number of hydrogen-bond donors (Lipinski definition) is 2. The zero-order valence-corrected chi connectivity index (χ0v) is 21.0. The average Bonchev–Trinajstić information content (AvgIpc) is 2.98. The summed E-state index contributed by atoms with van der Waals surface area (Å²) in [6.45, 7) is 6.99. The summed E-state index contributed by atoms with van der Waals surface area (Å²) in [6, 6.07) is 0. The SMILES string of the molecule is CCCCC(=O)O[C@]1(C(=O)S)[C@H](C)C[C@H]2[C@@H]3C[C@H](F)C4=CC(=O)C=C[C@]4(C)[C@@]3(F)[C@@H](O)C[C@@]21C. The van der Waals surface area contributed by atoms with Crippen LogP contribution in [-0.4, -0.2) is 45.5 Å². The van der Waals surface area contributed by atoms with Crippen LogP contribution in [-0.2, 0) is 19.1 Å². The third kappa shape index (κ3) is 3.09. The number of unbranched alkanes of at least 4 members (excludes halogenated alkanes) is 1. The summed E-state index contributed by atoms with van der Waals surface area (Å²) in [5.74, 6) is -2.89. The van der Waals surface area contributed by atoms with Gasteiger partial charge in [0.25, 0.3) is 0 Å². The monoisotopic (exact) mass is 496 g/mol. The van der Waals surface area contributed by atoms with E-state index in [1.165, 1.54) is 19.1 Å². The quantitative estimate of drug-likeness (QED) is 0.433. The number of aliphatic hydroxyl groups is 1. The predicted molar refractivity (Wildman–Crippen MR) is 126 cm³/mol. The fourth-order valence-electron chi connectivity index (χ4n) is 7.79. The molecule has 1 N–H and O–H groups in total. The third-order valence-corrected chi connectivity index (χ3v) is 9.83. The molecule has 0 aromatic carbocycles. The van der Waals surface area contributed by atoms with E-state index in [2.05, 4.69) is 12.6 Å². The lowest BCUT2D eigenvalue weighted by molar-refractivity contribution is -0.228. The Bertz CT molecular complexity index is 980. The molecule has 0 aromatic heterocycles. The van der Waals surface area contributed by atoms with Gasteiger partial charge in [-0.1, -0.05) is 33.3 Å². The molecule has 3 fully saturated rings. The highest BCUT2D eigenvalue weighted by Gasteiger charge is 2.77. The molecule has 0 bridgehead atoms. The lowest BCUT2D eigenvalue weighted by Gasteiger charge is -2.63. The fourth-order valence-corrected chi connectivity index (χ4v) is 8.31. The number of hydrogen-bond acceptors (Lipinski definition) is 5. The number of thiol groups is 1. The van der Waals surface area contributed by atoms with Crippen molar-refractivity contribution in [3.63, 3.8) is 0 Å². The molecular weight excluding hydrogens is 462 g/mol. The van der Waals surface area contributed by atoms with Crippen molar-refractivity contribution in [2.45, 2.75) is 89.8 Å². The maximum Gasteiger partial charge on any atom is 0.306 e. The average molecular weight is 497 g/mol. The van der Waals surface area contributed by atoms with Crippen LogP contribution in [0.3, 0.4) is 0 Å². The van der Waals surface area contributed by atoms with Crippen LogP contribution >= 0.6 is 12.6 Å². The number of allylic oxidation sites excluding steroid dienone is 4. The molecule has 0 spiro atoms. The summed E-state index contributed by atoms with van der Waals surface area (Å²) in [4.78, 5) is 37.7. The molecule has 9 atom stereocenters. The van der Waals surface area contributed by atoms with Crippen molar-refractivity contribution in [1.82, 2.24) is 0 Å². The minimum Gasteiger partial charge on any atom is -0.449 e. The van der Waals surface area contributed by atoms with Crippen LogP contribution in [0.5, 0.6) is 0 Å². The van der Waals surface area contributed by atoms with Crippen molar-refractivity contribution in [2.75, 3.05) is 0 Å². The number of ether oxygens (including phenoxy) is 1. The minimum absolute atomic E-state index is 0.0509. The van der Waals surface area contributed by atoms with Gasteiger partial charge in [0.05, 0.1) is 6.10 Å². The zero-order valence-electron chi connectivity index (χ0n) is 20.1. The standard InChI is InChI=1S/C26H34F2O5S/c1-5-6-7-21(31)33-26(22(32)34)14(2)10-16-17-12-19(27)18-11-15(29)8-9-23(18,3)25(17,28)20(30)13-24(16,26)4/h8-9,11,14,16-17,19-20,30H,5-7,10,12-13H2,1-4H3,(H,32,34)/t14-,16+,17+,19+,20+,23+,24+,25+,26+/m1/s1. The summed E-state index contributed by atoms with van der Waals surface area (Å²) in [7, 11) is 0. The van der Waals surface area contributed by atoms with E-state index in [4.69, 9.17) is 4.74 Å². The Labute approximate surface area is 204 Å². The summed E-state index contributed by atoms with van der Waals surface area (Å²) in [5.41, 5.74) is -6.46. The van der Waals surface area contributed by atoms with Crippen molar-refractivity contribution in [3.05, 3.63) is 23.8 Å². The molecule has 0 unspecified atom stereocenters. The number of carbonyl (C=O) groups excluding carboxylic acids is 3. The topological polar surface area (TPSA) is 80.7 Å². The van der Waals surface area contributed by atoms with Gasteiger partial charge in [-0.05, 0) is 56.3 Å². The second-order valence-corrected chi connectivity index (χ2v) is 11.5. The molecule has 8 heteroatoms. The van der Waals surface area contributed by atoms with Gasteiger partial charge in [-0.25, -0.2) is 8.78 Å². The fraction of sp³-hybridized carbons (Fsp3) is 0.731. The van der Waals surface area contributed by atoms with Gasteiger partial charge in [-0.15, -0.1) is 12.6 Å². The number of aliphatic hydroxyl groups excluding tert-OH is 1. The first-order valence-electron chi connectivity index (χ1n) is 12.2. The van der Waals surface area contributed by atoms with Gasteiger partial charge in [-0.2, -0.15) is 0 Å². The van der Waals surface area contributed by atoms with E-state index < -0.39 is 69.0 Å². The van der Waals surface area contributed by atoms with Crippen LogP contribution in [0.25, 0.3) is 0 Å². The van der Waals surface area contributed by atoms with E-state index in [-0.39, 0.29) is 24.8 Å². The molecule has 0 heterocycles. The molecule has 4 rings (SSSR count). The molecule has 34 heavy (non-hydrogen) atoms. The minimum atomic E-state index is -2.25. The number of halogens is 2. The number of rotatable bonds is 5. The second kappa shape index (κ2) is 8.26.